The Hall–Kier alpha value is -0.120. The molecule has 0 aromatic rings. The van der Waals surface area contributed by atoms with E-state index < -0.39 is 0 Å². The first-order valence-electron chi connectivity index (χ1n) is 3.48. The Morgan fingerprint density at radius 1 is 1.67 bits per heavy atom. The molecule has 1 rings (SSSR count). The first-order valence-corrected chi connectivity index (χ1v) is 3.48. The number of piperidine rings is 1. The summed E-state index contributed by atoms with van der Waals surface area (Å²) in [6.07, 6.45) is 1.09. The minimum Gasteiger partial charge on any atom is -0.326 e. The van der Waals surface area contributed by atoms with Gasteiger partial charge in [-0.15, -0.1) is 0 Å². The molecule has 0 saturated carbocycles. The van der Waals surface area contributed by atoms with Crippen LogP contribution in [0.4, 0.5) is 0 Å². The molecule has 3 nitrogen and oxygen atoms in total. The van der Waals surface area contributed by atoms with Gasteiger partial charge in [0.2, 0.25) is 0 Å². The van der Waals surface area contributed by atoms with E-state index >= 15 is 0 Å². The summed E-state index contributed by atoms with van der Waals surface area (Å²) in [5.74, 6) is 0. The third-order valence-corrected chi connectivity index (χ3v) is 1.91. The van der Waals surface area contributed by atoms with Crippen LogP contribution in [-0.4, -0.2) is 32.2 Å². The monoisotopic (exact) mass is 129 g/mol. The first-order chi connectivity index (χ1) is 4.34. The summed E-state index contributed by atoms with van der Waals surface area (Å²) >= 11 is 0. The molecule has 0 bridgehead atoms. The second kappa shape index (κ2) is 3.15. The van der Waals surface area contributed by atoms with E-state index in [-0.39, 0.29) is 0 Å². The van der Waals surface area contributed by atoms with Crippen LogP contribution in [0, 0.1) is 0 Å². The maximum atomic E-state index is 5.79. The van der Waals surface area contributed by atoms with Crippen LogP contribution in [0.15, 0.2) is 0 Å². The standard InChI is InChI=1S/C6H15N3/c1-8-6-4-9-3-2-5(6)7/h5-6,8-9H,2-4,7H2,1H3/t5-,6-/m1/s1. The lowest BCUT2D eigenvalue weighted by atomic mass is 10.0. The summed E-state index contributed by atoms with van der Waals surface area (Å²) < 4.78 is 0. The van der Waals surface area contributed by atoms with Gasteiger partial charge in [0.05, 0.1) is 0 Å². The number of hydrogen-bond donors (Lipinski definition) is 3. The van der Waals surface area contributed by atoms with E-state index in [1.807, 2.05) is 7.05 Å². The van der Waals surface area contributed by atoms with Crippen molar-refractivity contribution in [2.45, 2.75) is 18.5 Å². The average molecular weight is 129 g/mol. The second-order valence-electron chi connectivity index (χ2n) is 2.55. The lowest BCUT2D eigenvalue weighted by molar-refractivity contribution is 0.361. The Balaban J connectivity index is 2.30. The van der Waals surface area contributed by atoms with Crippen LogP contribution in [-0.2, 0) is 0 Å². The third kappa shape index (κ3) is 1.64. The molecule has 0 aromatic heterocycles. The Morgan fingerprint density at radius 3 is 2.89 bits per heavy atom. The van der Waals surface area contributed by atoms with E-state index in [2.05, 4.69) is 10.6 Å². The Labute approximate surface area is 56.0 Å². The molecule has 0 aromatic carbocycles. The molecular formula is C6H15N3. The number of nitrogens with one attached hydrogen (secondary N) is 2. The van der Waals surface area contributed by atoms with Gasteiger partial charge in [0.25, 0.3) is 0 Å². The zero-order valence-electron chi connectivity index (χ0n) is 5.85. The van der Waals surface area contributed by atoms with Crippen molar-refractivity contribution in [3.05, 3.63) is 0 Å². The Morgan fingerprint density at radius 2 is 2.44 bits per heavy atom. The number of rotatable bonds is 1. The fourth-order valence-corrected chi connectivity index (χ4v) is 1.19. The van der Waals surface area contributed by atoms with Crippen molar-refractivity contribution in [3.8, 4) is 0 Å². The highest BCUT2D eigenvalue weighted by Gasteiger charge is 2.18. The quantitative estimate of drug-likeness (QED) is 0.421. The predicted octanol–water partition coefficient (Wildman–Crippen LogP) is -1.10. The largest absolute Gasteiger partial charge is 0.326 e. The van der Waals surface area contributed by atoms with E-state index in [0.29, 0.717) is 12.1 Å². The van der Waals surface area contributed by atoms with E-state index in [1.54, 1.807) is 0 Å². The molecule has 0 aliphatic carbocycles. The van der Waals surface area contributed by atoms with Gasteiger partial charge in [-0.05, 0) is 20.0 Å². The van der Waals surface area contributed by atoms with Crippen molar-refractivity contribution in [2.24, 2.45) is 5.73 Å². The van der Waals surface area contributed by atoms with Crippen molar-refractivity contribution < 1.29 is 0 Å². The smallest absolute Gasteiger partial charge is 0.0342 e. The topological polar surface area (TPSA) is 50.1 Å². The van der Waals surface area contributed by atoms with E-state index in [0.717, 1.165) is 19.5 Å². The summed E-state index contributed by atoms with van der Waals surface area (Å²) in [6, 6.07) is 0.815. The van der Waals surface area contributed by atoms with Crippen LogP contribution in [0.5, 0.6) is 0 Å². The Bertz CT molecular complexity index is 84.4. The summed E-state index contributed by atoms with van der Waals surface area (Å²) in [7, 11) is 1.96. The molecule has 54 valence electrons. The molecule has 1 fully saturated rings. The van der Waals surface area contributed by atoms with Crippen LogP contribution in [0.2, 0.25) is 0 Å². The van der Waals surface area contributed by atoms with Crippen LogP contribution in [0.3, 0.4) is 0 Å². The van der Waals surface area contributed by atoms with Gasteiger partial charge in [-0.25, -0.2) is 0 Å². The number of likely N-dealkylation sites (N-methyl/N-ethyl adjacent to an activating group) is 1. The van der Waals surface area contributed by atoms with Gasteiger partial charge < -0.3 is 16.4 Å². The van der Waals surface area contributed by atoms with Gasteiger partial charge in [-0.2, -0.15) is 0 Å². The van der Waals surface area contributed by atoms with Crippen LogP contribution in [0.1, 0.15) is 6.42 Å². The molecule has 1 saturated heterocycles. The molecule has 1 heterocycles. The van der Waals surface area contributed by atoms with Gasteiger partial charge in [0, 0.05) is 18.6 Å². The van der Waals surface area contributed by atoms with E-state index in [9.17, 15) is 0 Å². The maximum Gasteiger partial charge on any atom is 0.0342 e. The Kier molecular flexibility index (Phi) is 2.45. The highest BCUT2D eigenvalue weighted by Crippen LogP contribution is 1.98. The van der Waals surface area contributed by atoms with E-state index in [4.69, 9.17) is 5.73 Å². The zero-order chi connectivity index (χ0) is 6.69. The number of hydrogen-bond acceptors (Lipinski definition) is 3. The molecule has 1 aliphatic rings. The van der Waals surface area contributed by atoms with E-state index in [1.165, 1.54) is 0 Å². The predicted molar refractivity (Wildman–Crippen MR) is 38.3 cm³/mol. The van der Waals surface area contributed by atoms with Crippen molar-refractivity contribution in [1.82, 2.24) is 10.6 Å². The molecule has 4 N–H and O–H groups in total. The molecule has 2 atom stereocenters. The van der Waals surface area contributed by atoms with Crippen molar-refractivity contribution in [2.75, 3.05) is 20.1 Å². The first kappa shape index (κ1) is 6.99. The normalized spacial score (nSPS) is 36.7. The molecule has 3 heteroatoms. The van der Waals surface area contributed by atoms with Gasteiger partial charge in [-0.1, -0.05) is 0 Å². The average Bonchev–Trinajstić information content (AvgIpc) is 1.89. The maximum absolute atomic E-state index is 5.79. The molecule has 0 spiro atoms. The SMILES string of the molecule is CN[C@@H]1CNCC[C@H]1N. The highest BCUT2D eigenvalue weighted by atomic mass is 15.0. The number of nitrogens with two attached hydrogens (primary N) is 1. The van der Waals surface area contributed by atoms with Gasteiger partial charge in [0.1, 0.15) is 0 Å². The fourth-order valence-electron chi connectivity index (χ4n) is 1.19. The highest BCUT2D eigenvalue weighted by molar-refractivity contribution is 4.84. The summed E-state index contributed by atoms with van der Waals surface area (Å²) in [6.45, 7) is 2.08. The van der Waals surface area contributed by atoms with Gasteiger partial charge in [-0.3, -0.25) is 0 Å². The fraction of sp³-hybridized carbons (Fsp3) is 1.00. The van der Waals surface area contributed by atoms with Crippen molar-refractivity contribution in [3.63, 3.8) is 0 Å². The minimum atomic E-state index is 0.344. The molecule has 0 unspecified atom stereocenters. The molecular weight excluding hydrogens is 114 g/mol. The van der Waals surface area contributed by atoms with Crippen LogP contribution < -0.4 is 16.4 Å². The van der Waals surface area contributed by atoms with Gasteiger partial charge in [0.15, 0.2) is 0 Å². The molecule has 0 amide bonds. The zero-order valence-corrected chi connectivity index (χ0v) is 5.85. The van der Waals surface area contributed by atoms with Crippen molar-refractivity contribution in [1.29, 1.82) is 0 Å². The lowest BCUT2D eigenvalue weighted by Gasteiger charge is -2.28. The minimum absolute atomic E-state index is 0.344. The molecule has 9 heavy (non-hydrogen) atoms. The summed E-state index contributed by atoms with van der Waals surface area (Å²) in [5, 5.41) is 6.44. The van der Waals surface area contributed by atoms with Crippen molar-refractivity contribution >= 4 is 0 Å². The summed E-state index contributed by atoms with van der Waals surface area (Å²) in [4.78, 5) is 0. The van der Waals surface area contributed by atoms with Gasteiger partial charge >= 0.3 is 0 Å². The molecule has 0 radical (unpaired) electrons. The third-order valence-electron chi connectivity index (χ3n) is 1.91. The van der Waals surface area contributed by atoms with Crippen LogP contribution >= 0.6 is 0 Å². The van der Waals surface area contributed by atoms with Crippen LogP contribution in [0.25, 0.3) is 0 Å². The lowest BCUT2D eigenvalue weighted by Crippen LogP contribution is -2.54. The summed E-state index contributed by atoms with van der Waals surface area (Å²) in [5.41, 5.74) is 5.79. The second-order valence-corrected chi connectivity index (χ2v) is 2.55. The molecule has 1 aliphatic heterocycles.